The number of carbonyl (C=O) groups excluding carboxylic acids is 3. The van der Waals surface area contributed by atoms with E-state index in [-0.39, 0.29) is 13.0 Å². The third-order valence-electron chi connectivity index (χ3n) is 4.56. The van der Waals surface area contributed by atoms with Crippen molar-refractivity contribution in [3.05, 3.63) is 72.3 Å². The largest absolute Gasteiger partial charge is 0.463 e. The molecule has 0 spiro atoms. The highest BCUT2D eigenvalue weighted by molar-refractivity contribution is 6.18. The predicted octanol–water partition coefficient (Wildman–Crippen LogP) is 3.09. The van der Waals surface area contributed by atoms with Crippen LogP contribution in [0.1, 0.15) is 23.7 Å². The number of esters is 1. The van der Waals surface area contributed by atoms with Gasteiger partial charge in [0, 0.05) is 6.08 Å². The first-order valence-electron chi connectivity index (χ1n) is 9.35. The fourth-order valence-corrected chi connectivity index (χ4v) is 3.23. The molecular weight excluding hydrogens is 368 g/mol. The summed E-state index contributed by atoms with van der Waals surface area (Å²) in [6, 6.07) is 16.2. The van der Waals surface area contributed by atoms with Crippen LogP contribution in [0.3, 0.4) is 0 Å². The van der Waals surface area contributed by atoms with Crippen molar-refractivity contribution >= 4 is 39.3 Å². The number of primary amides is 1. The Hall–Kier alpha value is -3.67. The third-order valence-corrected chi connectivity index (χ3v) is 4.56. The van der Waals surface area contributed by atoms with E-state index in [0.29, 0.717) is 5.56 Å². The summed E-state index contributed by atoms with van der Waals surface area (Å²) >= 11 is 0. The van der Waals surface area contributed by atoms with Crippen LogP contribution in [-0.2, 0) is 14.3 Å². The highest BCUT2D eigenvalue weighted by Crippen LogP contribution is 2.28. The summed E-state index contributed by atoms with van der Waals surface area (Å²) in [6.07, 6.45) is 2.77. The minimum absolute atomic E-state index is 0.0859. The fourth-order valence-electron chi connectivity index (χ4n) is 3.23. The zero-order valence-electron chi connectivity index (χ0n) is 16.1. The zero-order chi connectivity index (χ0) is 20.8. The van der Waals surface area contributed by atoms with Crippen molar-refractivity contribution < 1.29 is 19.1 Å². The van der Waals surface area contributed by atoms with E-state index in [2.05, 4.69) is 5.32 Å². The molecule has 0 radical (unpaired) electrons. The second-order valence-electron chi connectivity index (χ2n) is 6.51. The second-order valence-corrected chi connectivity index (χ2v) is 6.51. The molecule has 0 aliphatic carbocycles. The molecule has 0 saturated carbocycles. The van der Waals surface area contributed by atoms with Crippen LogP contribution in [0.25, 0.3) is 21.5 Å². The molecule has 148 valence electrons. The zero-order valence-corrected chi connectivity index (χ0v) is 16.1. The number of carbonyl (C=O) groups is 3. The van der Waals surface area contributed by atoms with Gasteiger partial charge in [-0.05, 0) is 41.0 Å². The number of fused-ring (bicyclic) bond motifs is 2. The third kappa shape index (κ3) is 4.60. The molecule has 0 unspecified atom stereocenters. The lowest BCUT2D eigenvalue weighted by atomic mass is 9.96. The van der Waals surface area contributed by atoms with Gasteiger partial charge in [-0.3, -0.25) is 9.59 Å². The van der Waals surface area contributed by atoms with E-state index < -0.39 is 23.8 Å². The summed E-state index contributed by atoms with van der Waals surface area (Å²) < 4.78 is 4.80. The molecule has 3 N–H and O–H groups in total. The average Bonchev–Trinajstić information content (AvgIpc) is 2.71. The number of hydrogen-bond donors (Lipinski definition) is 2. The van der Waals surface area contributed by atoms with Gasteiger partial charge in [0.2, 0.25) is 5.91 Å². The van der Waals surface area contributed by atoms with Crippen molar-refractivity contribution in [2.24, 2.45) is 5.73 Å². The van der Waals surface area contributed by atoms with E-state index in [0.717, 1.165) is 21.5 Å². The Balaban J connectivity index is 1.93. The lowest BCUT2D eigenvalue weighted by molar-refractivity contribution is -0.137. The Bertz CT molecular complexity index is 1050. The highest BCUT2D eigenvalue weighted by Gasteiger charge is 2.21. The number of nitrogens with one attached hydrogen (secondary N) is 1. The van der Waals surface area contributed by atoms with E-state index in [1.807, 2.05) is 54.6 Å². The molecule has 1 atom stereocenters. The molecule has 3 aromatic carbocycles. The van der Waals surface area contributed by atoms with Crippen LogP contribution in [0.2, 0.25) is 0 Å². The SMILES string of the molecule is CCOC(=O)/C=C/C[C@H](NC(=O)c1c2ccccc2cc2ccccc12)C(N)=O. The fraction of sp³-hybridized carbons (Fsp3) is 0.174. The molecule has 6 heteroatoms. The van der Waals surface area contributed by atoms with E-state index in [4.69, 9.17) is 10.5 Å². The normalized spacial score (nSPS) is 12.2. The Labute approximate surface area is 168 Å². The van der Waals surface area contributed by atoms with E-state index in [9.17, 15) is 14.4 Å². The smallest absolute Gasteiger partial charge is 0.330 e. The Morgan fingerprint density at radius 2 is 1.62 bits per heavy atom. The Morgan fingerprint density at radius 1 is 1.03 bits per heavy atom. The molecule has 0 saturated heterocycles. The summed E-state index contributed by atoms with van der Waals surface area (Å²) in [5.41, 5.74) is 5.95. The summed E-state index contributed by atoms with van der Waals surface area (Å²) in [5.74, 6) is -1.59. The molecule has 0 heterocycles. The number of ether oxygens (including phenoxy) is 1. The summed E-state index contributed by atoms with van der Waals surface area (Å²) in [4.78, 5) is 36.4. The lowest BCUT2D eigenvalue weighted by Crippen LogP contribution is -2.44. The summed E-state index contributed by atoms with van der Waals surface area (Å²) in [6.45, 7) is 1.96. The Kier molecular flexibility index (Phi) is 6.24. The minimum Gasteiger partial charge on any atom is -0.463 e. The highest BCUT2D eigenvalue weighted by atomic mass is 16.5. The van der Waals surface area contributed by atoms with Gasteiger partial charge in [0.05, 0.1) is 12.2 Å². The molecule has 0 aliphatic rings. The van der Waals surface area contributed by atoms with E-state index in [1.165, 1.54) is 12.2 Å². The van der Waals surface area contributed by atoms with Crippen molar-refractivity contribution in [2.75, 3.05) is 6.61 Å². The molecule has 0 bridgehead atoms. The molecule has 0 fully saturated rings. The quantitative estimate of drug-likeness (QED) is 0.368. The van der Waals surface area contributed by atoms with Crippen molar-refractivity contribution in [3.63, 3.8) is 0 Å². The van der Waals surface area contributed by atoms with Gasteiger partial charge < -0.3 is 15.8 Å². The topological polar surface area (TPSA) is 98.5 Å². The van der Waals surface area contributed by atoms with Crippen LogP contribution < -0.4 is 11.1 Å². The standard InChI is InChI=1S/C23H22N2O4/c1-2-29-20(26)13-7-12-19(22(24)27)25-23(28)21-17-10-5-3-8-15(17)14-16-9-4-6-11-18(16)21/h3-11,13-14,19H,2,12H2,1H3,(H2,24,27)(H,25,28)/b13-7+/t19-/m0/s1. The van der Waals surface area contributed by atoms with Gasteiger partial charge in [-0.25, -0.2) is 4.79 Å². The molecule has 6 nitrogen and oxygen atoms in total. The van der Waals surface area contributed by atoms with E-state index in [1.54, 1.807) is 6.92 Å². The minimum atomic E-state index is -0.953. The van der Waals surface area contributed by atoms with Crippen molar-refractivity contribution in [1.82, 2.24) is 5.32 Å². The predicted molar refractivity (Wildman–Crippen MR) is 112 cm³/mol. The molecule has 3 rings (SSSR count). The van der Waals surface area contributed by atoms with Gasteiger partial charge in [0.25, 0.3) is 5.91 Å². The molecule has 3 aromatic rings. The maximum Gasteiger partial charge on any atom is 0.330 e. The molecule has 2 amide bonds. The van der Waals surface area contributed by atoms with Crippen molar-refractivity contribution in [2.45, 2.75) is 19.4 Å². The molecule has 29 heavy (non-hydrogen) atoms. The number of rotatable bonds is 7. The van der Waals surface area contributed by atoms with Gasteiger partial charge >= 0.3 is 5.97 Å². The van der Waals surface area contributed by atoms with Gasteiger partial charge in [-0.15, -0.1) is 0 Å². The summed E-state index contributed by atoms with van der Waals surface area (Å²) in [5, 5.41) is 6.13. The Morgan fingerprint density at radius 3 is 2.17 bits per heavy atom. The lowest BCUT2D eigenvalue weighted by Gasteiger charge is -2.16. The molecular formula is C23H22N2O4. The first kappa shape index (κ1) is 20.1. The first-order valence-corrected chi connectivity index (χ1v) is 9.35. The average molecular weight is 390 g/mol. The number of amides is 2. The monoisotopic (exact) mass is 390 g/mol. The molecule has 0 aliphatic heterocycles. The van der Waals surface area contributed by atoms with Gasteiger partial charge in [-0.1, -0.05) is 54.6 Å². The number of benzene rings is 3. The van der Waals surface area contributed by atoms with Gasteiger partial charge in [0.15, 0.2) is 0 Å². The van der Waals surface area contributed by atoms with Crippen LogP contribution in [0.15, 0.2) is 66.7 Å². The van der Waals surface area contributed by atoms with Crippen molar-refractivity contribution in [1.29, 1.82) is 0 Å². The maximum absolute atomic E-state index is 13.2. The van der Waals surface area contributed by atoms with Crippen molar-refractivity contribution in [3.8, 4) is 0 Å². The van der Waals surface area contributed by atoms with E-state index >= 15 is 0 Å². The second kappa shape index (κ2) is 9.01. The van der Waals surface area contributed by atoms with Crippen LogP contribution in [0, 0.1) is 0 Å². The first-order chi connectivity index (χ1) is 14.0. The number of nitrogens with two attached hydrogens (primary N) is 1. The van der Waals surface area contributed by atoms with Gasteiger partial charge in [0.1, 0.15) is 6.04 Å². The summed E-state index contributed by atoms with van der Waals surface area (Å²) in [7, 11) is 0. The van der Waals surface area contributed by atoms with Crippen LogP contribution in [0.5, 0.6) is 0 Å². The maximum atomic E-state index is 13.2. The van der Waals surface area contributed by atoms with Gasteiger partial charge in [-0.2, -0.15) is 0 Å². The van der Waals surface area contributed by atoms with Crippen LogP contribution in [0.4, 0.5) is 0 Å². The van der Waals surface area contributed by atoms with Crippen LogP contribution >= 0.6 is 0 Å². The molecule has 0 aromatic heterocycles. The van der Waals surface area contributed by atoms with Crippen LogP contribution in [-0.4, -0.2) is 30.4 Å². The number of hydrogen-bond acceptors (Lipinski definition) is 4.